The average molecular weight is 379 g/mol. The summed E-state index contributed by atoms with van der Waals surface area (Å²) in [6.45, 7) is 2.91. The summed E-state index contributed by atoms with van der Waals surface area (Å²) in [5, 5.41) is 4.75. The number of amides is 4. The smallest absolute Gasteiger partial charge is 0.325 e. The van der Waals surface area contributed by atoms with Gasteiger partial charge in [-0.05, 0) is 36.1 Å². The van der Waals surface area contributed by atoms with Crippen molar-refractivity contribution >= 4 is 28.6 Å². The minimum atomic E-state index is -1.18. The van der Waals surface area contributed by atoms with Gasteiger partial charge in [0.1, 0.15) is 12.1 Å². The molecule has 6 nitrogen and oxygen atoms in total. The third-order valence-electron chi connectivity index (χ3n) is 5.86. The highest BCUT2D eigenvalue weighted by molar-refractivity contribution is 6.10. The predicted molar refractivity (Wildman–Crippen MR) is 107 cm³/mol. The molecule has 2 aromatic carbocycles. The van der Waals surface area contributed by atoms with Crippen molar-refractivity contribution in [3.8, 4) is 0 Å². The van der Waals surface area contributed by atoms with Crippen molar-refractivity contribution in [2.24, 2.45) is 0 Å². The number of carbonyl (C=O) groups excluding carboxylic acids is 3. The maximum Gasteiger partial charge on any atom is 0.325 e. The Morgan fingerprint density at radius 1 is 1.00 bits per heavy atom. The van der Waals surface area contributed by atoms with E-state index in [1.54, 1.807) is 11.8 Å². The van der Waals surface area contributed by atoms with Gasteiger partial charge in [0, 0.05) is 13.1 Å². The Hall–Kier alpha value is -2.89. The maximum absolute atomic E-state index is 13.2. The number of rotatable bonds is 3. The van der Waals surface area contributed by atoms with E-state index in [-0.39, 0.29) is 18.4 Å². The minimum Gasteiger partial charge on any atom is -0.341 e. The SMILES string of the molecule is C[C@]1(c2cccc3ccccc23)NC(=O)N(CC(=O)N2CCCCCC2)C1=O. The molecule has 4 amide bonds. The van der Waals surface area contributed by atoms with E-state index in [0.717, 1.165) is 46.9 Å². The fourth-order valence-corrected chi connectivity index (χ4v) is 4.24. The first-order valence-electron chi connectivity index (χ1n) is 9.91. The second kappa shape index (κ2) is 7.26. The molecule has 0 aromatic heterocycles. The number of hydrogen-bond donors (Lipinski definition) is 1. The van der Waals surface area contributed by atoms with Crippen LogP contribution in [0.1, 0.15) is 38.2 Å². The number of nitrogens with one attached hydrogen (secondary N) is 1. The first-order chi connectivity index (χ1) is 13.5. The normalized spacial score (nSPS) is 23.0. The molecule has 2 fully saturated rings. The number of hydrogen-bond acceptors (Lipinski definition) is 3. The first kappa shape index (κ1) is 18.5. The van der Waals surface area contributed by atoms with Crippen molar-refractivity contribution in [3.63, 3.8) is 0 Å². The Balaban J connectivity index is 1.60. The summed E-state index contributed by atoms with van der Waals surface area (Å²) < 4.78 is 0. The number of carbonyl (C=O) groups is 3. The molecule has 2 aromatic rings. The van der Waals surface area contributed by atoms with Gasteiger partial charge in [0.2, 0.25) is 5.91 Å². The standard InChI is InChI=1S/C22H25N3O3/c1-22(18-12-8-10-16-9-4-5-11-17(16)18)20(27)25(21(28)23-22)15-19(26)24-13-6-2-3-7-14-24/h4-5,8-12H,2-3,6-7,13-15H2,1H3,(H,23,28)/t22-/m1/s1. The molecule has 2 aliphatic rings. The van der Waals surface area contributed by atoms with E-state index in [2.05, 4.69) is 5.32 Å². The molecule has 2 aliphatic heterocycles. The summed E-state index contributed by atoms with van der Waals surface area (Å²) in [4.78, 5) is 41.4. The molecule has 4 rings (SSSR count). The van der Waals surface area contributed by atoms with Gasteiger partial charge in [-0.1, -0.05) is 55.3 Å². The molecule has 0 aliphatic carbocycles. The van der Waals surface area contributed by atoms with Crippen LogP contribution in [0, 0.1) is 0 Å². The quantitative estimate of drug-likeness (QED) is 0.834. The Morgan fingerprint density at radius 2 is 1.68 bits per heavy atom. The second-order valence-electron chi connectivity index (χ2n) is 7.77. The monoisotopic (exact) mass is 379 g/mol. The number of likely N-dealkylation sites (tertiary alicyclic amines) is 1. The highest BCUT2D eigenvalue weighted by atomic mass is 16.2. The van der Waals surface area contributed by atoms with Gasteiger partial charge in [-0.2, -0.15) is 0 Å². The highest BCUT2D eigenvalue weighted by Crippen LogP contribution is 2.33. The van der Waals surface area contributed by atoms with Crippen LogP contribution in [0.25, 0.3) is 10.8 Å². The first-order valence-corrected chi connectivity index (χ1v) is 9.91. The number of urea groups is 1. The van der Waals surface area contributed by atoms with Crippen LogP contribution < -0.4 is 5.32 Å². The second-order valence-corrected chi connectivity index (χ2v) is 7.77. The van der Waals surface area contributed by atoms with E-state index in [4.69, 9.17) is 0 Å². The molecule has 1 N–H and O–H groups in total. The number of benzene rings is 2. The van der Waals surface area contributed by atoms with Crippen LogP contribution in [0.3, 0.4) is 0 Å². The lowest BCUT2D eigenvalue weighted by molar-refractivity contribution is -0.138. The molecule has 0 unspecified atom stereocenters. The summed E-state index contributed by atoms with van der Waals surface area (Å²) in [5.41, 5.74) is -0.439. The topological polar surface area (TPSA) is 69.7 Å². The van der Waals surface area contributed by atoms with Crippen LogP contribution in [-0.4, -0.2) is 47.3 Å². The molecule has 2 saturated heterocycles. The molecule has 0 radical (unpaired) electrons. The van der Waals surface area contributed by atoms with Crippen molar-refractivity contribution in [2.45, 2.75) is 38.1 Å². The molecular weight excluding hydrogens is 354 g/mol. The average Bonchev–Trinajstić information content (AvgIpc) is 2.91. The summed E-state index contributed by atoms with van der Waals surface area (Å²) >= 11 is 0. The molecule has 6 heteroatoms. The Kier molecular flexibility index (Phi) is 4.79. The van der Waals surface area contributed by atoms with E-state index < -0.39 is 11.6 Å². The molecule has 146 valence electrons. The zero-order valence-corrected chi connectivity index (χ0v) is 16.1. The predicted octanol–water partition coefficient (Wildman–Crippen LogP) is 3.01. The van der Waals surface area contributed by atoms with E-state index in [0.29, 0.717) is 13.1 Å². The van der Waals surface area contributed by atoms with Crippen molar-refractivity contribution in [1.82, 2.24) is 15.1 Å². The lowest BCUT2D eigenvalue weighted by atomic mass is 9.88. The molecule has 0 saturated carbocycles. The lowest BCUT2D eigenvalue weighted by Crippen LogP contribution is -2.44. The van der Waals surface area contributed by atoms with Gasteiger partial charge in [-0.3, -0.25) is 14.5 Å². The van der Waals surface area contributed by atoms with E-state index in [9.17, 15) is 14.4 Å². The zero-order valence-electron chi connectivity index (χ0n) is 16.1. The lowest BCUT2D eigenvalue weighted by Gasteiger charge is -2.25. The molecule has 0 bridgehead atoms. The van der Waals surface area contributed by atoms with Crippen molar-refractivity contribution < 1.29 is 14.4 Å². The third-order valence-corrected chi connectivity index (χ3v) is 5.86. The van der Waals surface area contributed by atoms with Gasteiger partial charge < -0.3 is 10.2 Å². The Labute approximate surface area is 164 Å². The van der Waals surface area contributed by atoms with Gasteiger partial charge >= 0.3 is 6.03 Å². The number of nitrogens with zero attached hydrogens (tertiary/aromatic N) is 2. The highest BCUT2D eigenvalue weighted by Gasteiger charge is 2.50. The van der Waals surface area contributed by atoms with Gasteiger partial charge in [0.05, 0.1) is 0 Å². The van der Waals surface area contributed by atoms with Crippen LogP contribution in [0.2, 0.25) is 0 Å². The van der Waals surface area contributed by atoms with Crippen molar-refractivity contribution in [3.05, 3.63) is 48.0 Å². The van der Waals surface area contributed by atoms with Crippen LogP contribution >= 0.6 is 0 Å². The Bertz CT molecular complexity index is 928. The van der Waals surface area contributed by atoms with Crippen LogP contribution in [0.5, 0.6) is 0 Å². The number of imide groups is 1. The van der Waals surface area contributed by atoms with Crippen LogP contribution in [0.4, 0.5) is 4.79 Å². The van der Waals surface area contributed by atoms with Gasteiger partial charge in [0.15, 0.2) is 0 Å². The molecule has 28 heavy (non-hydrogen) atoms. The van der Waals surface area contributed by atoms with Crippen LogP contribution in [0.15, 0.2) is 42.5 Å². The van der Waals surface area contributed by atoms with E-state index in [1.807, 2.05) is 42.5 Å². The van der Waals surface area contributed by atoms with Gasteiger partial charge in [-0.25, -0.2) is 4.79 Å². The third kappa shape index (κ3) is 3.13. The van der Waals surface area contributed by atoms with Gasteiger partial charge in [-0.15, -0.1) is 0 Å². The van der Waals surface area contributed by atoms with Crippen molar-refractivity contribution in [1.29, 1.82) is 0 Å². The molecule has 2 heterocycles. The summed E-state index contributed by atoms with van der Waals surface area (Å²) in [6.07, 6.45) is 4.18. The van der Waals surface area contributed by atoms with E-state index >= 15 is 0 Å². The molecule has 1 atom stereocenters. The number of fused-ring (bicyclic) bond motifs is 1. The summed E-state index contributed by atoms with van der Waals surface area (Å²) in [5.74, 6) is -0.537. The van der Waals surface area contributed by atoms with Crippen molar-refractivity contribution in [2.75, 3.05) is 19.6 Å². The Morgan fingerprint density at radius 3 is 2.43 bits per heavy atom. The molecule has 0 spiro atoms. The van der Waals surface area contributed by atoms with E-state index in [1.165, 1.54) is 0 Å². The maximum atomic E-state index is 13.2. The fraction of sp³-hybridized carbons (Fsp3) is 0.409. The van der Waals surface area contributed by atoms with Crippen LogP contribution in [-0.2, 0) is 15.1 Å². The largest absolute Gasteiger partial charge is 0.341 e. The van der Waals surface area contributed by atoms with Gasteiger partial charge in [0.25, 0.3) is 5.91 Å². The zero-order chi connectivity index (χ0) is 19.7. The summed E-state index contributed by atoms with van der Waals surface area (Å²) in [6, 6.07) is 13.0. The fourth-order valence-electron chi connectivity index (χ4n) is 4.24. The summed E-state index contributed by atoms with van der Waals surface area (Å²) in [7, 11) is 0. The molecular formula is C22H25N3O3. The minimum absolute atomic E-state index is 0.160.